The molecule has 0 saturated heterocycles. The summed E-state index contributed by atoms with van der Waals surface area (Å²) in [5.41, 5.74) is 2.44. The topological polar surface area (TPSA) is 52.6 Å². The Kier molecular flexibility index (Phi) is 5.55. The second-order valence-corrected chi connectivity index (χ2v) is 4.24. The first-order chi connectivity index (χ1) is 9.02. The third-order valence-corrected chi connectivity index (χ3v) is 2.88. The highest BCUT2D eigenvalue weighted by Crippen LogP contribution is 2.26. The standard InChI is InChI=1S/C15H20O4/c1-5-18-14(16)13(15(17)19-6-2)12-10(3)8-7-9-11(12)4/h7-9,13H,5-6H2,1-4H3. The summed E-state index contributed by atoms with van der Waals surface area (Å²) >= 11 is 0. The van der Waals surface area contributed by atoms with Gasteiger partial charge in [0, 0.05) is 0 Å². The van der Waals surface area contributed by atoms with Gasteiger partial charge < -0.3 is 9.47 Å². The van der Waals surface area contributed by atoms with Crippen LogP contribution in [0.5, 0.6) is 0 Å². The van der Waals surface area contributed by atoms with Gasteiger partial charge in [0.2, 0.25) is 0 Å². The van der Waals surface area contributed by atoms with E-state index in [9.17, 15) is 9.59 Å². The van der Waals surface area contributed by atoms with Crippen molar-refractivity contribution in [3.63, 3.8) is 0 Å². The van der Waals surface area contributed by atoms with Crippen molar-refractivity contribution in [3.8, 4) is 0 Å². The van der Waals surface area contributed by atoms with Crippen LogP contribution in [0.3, 0.4) is 0 Å². The predicted octanol–water partition coefficient (Wildman–Crippen LogP) is 2.51. The van der Waals surface area contributed by atoms with Gasteiger partial charge in [-0.15, -0.1) is 0 Å². The van der Waals surface area contributed by atoms with Crippen LogP contribution in [-0.2, 0) is 19.1 Å². The maximum Gasteiger partial charge on any atom is 0.324 e. The molecule has 0 fully saturated rings. The summed E-state index contributed by atoms with van der Waals surface area (Å²) in [5, 5.41) is 0. The molecule has 0 amide bonds. The molecule has 1 rings (SSSR count). The van der Waals surface area contributed by atoms with Crippen LogP contribution >= 0.6 is 0 Å². The van der Waals surface area contributed by atoms with E-state index in [2.05, 4.69) is 0 Å². The number of hydrogen-bond donors (Lipinski definition) is 0. The number of aryl methyl sites for hydroxylation is 2. The Morgan fingerprint density at radius 1 is 1.00 bits per heavy atom. The van der Waals surface area contributed by atoms with E-state index in [-0.39, 0.29) is 13.2 Å². The molecule has 0 unspecified atom stereocenters. The molecule has 1 aromatic carbocycles. The first-order valence-electron chi connectivity index (χ1n) is 6.42. The first-order valence-corrected chi connectivity index (χ1v) is 6.42. The minimum absolute atomic E-state index is 0.236. The summed E-state index contributed by atoms with van der Waals surface area (Å²) in [7, 11) is 0. The minimum atomic E-state index is -0.999. The fourth-order valence-electron chi connectivity index (χ4n) is 2.07. The number of ether oxygens (including phenoxy) is 2. The van der Waals surface area contributed by atoms with Gasteiger partial charge in [0.25, 0.3) is 0 Å². The Morgan fingerprint density at radius 3 is 1.79 bits per heavy atom. The third-order valence-electron chi connectivity index (χ3n) is 2.88. The maximum atomic E-state index is 12.0. The monoisotopic (exact) mass is 264 g/mol. The Morgan fingerprint density at radius 2 is 1.42 bits per heavy atom. The summed E-state index contributed by atoms with van der Waals surface area (Å²) in [6, 6.07) is 5.63. The predicted molar refractivity (Wildman–Crippen MR) is 71.9 cm³/mol. The van der Waals surface area contributed by atoms with E-state index >= 15 is 0 Å². The Hall–Kier alpha value is -1.84. The largest absolute Gasteiger partial charge is 0.465 e. The lowest BCUT2D eigenvalue weighted by atomic mass is 9.91. The number of hydrogen-bond acceptors (Lipinski definition) is 4. The van der Waals surface area contributed by atoms with E-state index in [1.54, 1.807) is 13.8 Å². The fourth-order valence-corrected chi connectivity index (χ4v) is 2.07. The summed E-state index contributed by atoms with van der Waals surface area (Å²) in [6.45, 7) is 7.64. The van der Waals surface area contributed by atoms with E-state index in [0.717, 1.165) is 11.1 Å². The molecule has 0 radical (unpaired) electrons. The summed E-state index contributed by atoms with van der Waals surface area (Å²) in [4.78, 5) is 24.1. The second kappa shape index (κ2) is 6.92. The molecule has 0 aliphatic rings. The number of benzene rings is 1. The first kappa shape index (κ1) is 15.2. The van der Waals surface area contributed by atoms with E-state index in [1.165, 1.54) is 0 Å². The number of esters is 2. The average Bonchev–Trinajstić information content (AvgIpc) is 2.34. The van der Waals surface area contributed by atoms with Gasteiger partial charge in [0.1, 0.15) is 0 Å². The molecule has 0 aliphatic heterocycles. The zero-order valence-electron chi connectivity index (χ0n) is 11.9. The van der Waals surface area contributed by atoms with Gasteiger partial charge in [-0.1, -0.05) is 18.2 Å². The summed E-state index contributed by atoms with van der Waals surface area (Å²) in [6.07, 6.45) is 0. The van der Waals surface area contributed by atoms with E-state index in [0.29, 0.717) is 5.56 Å². The minimum Gasteiger partial charge on any atom is -0.465 e. The molecule has 0 N–H and O–H groups in total. The Balaban J connectivity index is 3.23. The molecule has 0 heterocycles. The highest BCUT2D eigenvalue weighted by Gasteiger charge is 2.33. The van der Waals surface area contributed by atoms with Crippen molar-refractivity contribution in [3.05, 3.63) is 34.9 Å². The van der Waals surface area contributed by atoms with Gasteiger partial charge in [-0.25, -0.2) is 0 Å². The molecular formula is C15H20O4. The van der Waals surface area contributed by atoms with Crippen molar-refractivity contribution >= 4 is 11.9 Å². The zero-order valence-corrected chi connectivity index (χ0v) is 11.9. The maximum absolute atomic E-state index is 12.0. The molecule has 1 aromatic rings. The van der Waals surface area contributed by atoms with Gasteiger partial charge in [-0.3, -0.25) is 9.59 Å². The number of rotatable bonds is 5. The van der Waals surface area contributed by atoms with Crippen molar-refractivity contribution in [2.45, 2.75) is 33.6 Å². The van der Waals surface area contributed by atoms with Crippen molar-refractivity contribution in [1.82, 2.24) is 0 Å². The molecular weight excluding hydrogens is 244 g/mol. The molecule has 104 valence electrons. The van der Waals surface area contributed by atoms with Gasteiger partial charge >= 0.3 is 11.9 Å². The Labute approximate surface area is 113 Å². The highest BCUT2D eigenvalue weighted by molar-refractivity contribution is 6.01. The SMILES string of the molecule is CCOC(=O)C(C(=O)OCC)c1c(C)cccc1C. The van der Waals surface area contributed by atoms with Crippen molar-refractivity contribution in [2.24, 2.45) is 0 Å². The molecule has 4 nitrogen and oxygen atoms in total. The van der Waals surface area contributed by atoms with Crippen LogP contribution in [0, 0.1) is 13.8 Å². The molecule has 0 aliphatic carbocycles. The van der Waals surface area contributed by atoms with Crippen LogP contribution in [0.1, 0.15) is 36.5 Å². The van der Waals surface area contributed by atoms with E-state index in [4.69, 9.17) is 9.47 Å². The van der Waals surface area contributed by atoms with Gasteiger partial charge in [0.15, 0.2) is 5.92 Å². The van der Waals surface area contributed by atoms with E-state index in [1.807, 2.05) is 32.0 Å². The molecule has 0 bridgehead atoms. The smallest absolute Gasteiger partial charge is 0.324 e. The van der Waals surface area contributed by atoms with Crippen LogP contribution < -0.4 is 0 Å². The fraction of sp³-hybridized carbons (Fsp3) is 0.467. The van der Waals surface area contributed by atoms with Crippen molar-refractivity contribution in [2.75, 3.05) is 13.2 Å². The van der Waals surface area contributed by atoms with Crippen LogP contribution in [0.2, 0.25) is 0 Å². The van der Waals surface area contributed by atoms with Crippen LogP contribution in [-0.4, -0.2) is 25.2 Å². The lowest BCUT2D eigenvalue weighted by molar-refractivity contribution is -0.157. The molecule has 0 atom stereocenters. The normalized spacial score (nSPS) is 10.4. The van der Waals surface area contributed by atoms with Gasteiger partial charge in [-0.05, 0) is 44.4 Å². The molecule has 0 aromatic heterocycles. The second-order valence-electron chi connectivity index (χ2n) is 4.24. The van der Waals surface area contributed by atoms with Gasteiger partial charge in [0.05, 0.1) is 13.2 Å². The lowest BCUT2D eigenvalue weighted by Crippen LogP contribution is -2.27. The van der Waals surface area contributed by atoms with Crippen LogP contribution in [0.4, 0.5) is 0 Å². The van der Waals surface area contributed by atoms with E-state index < -0.39 is 17.9 Å². The molecule has 0 saturated carbocycles. The summed E-state index contributed by atoms with van der Waals surface area (Å²) in [5.74, 6) is -2.11. The third kappa shape index (κ3) is 3.56. The highest BCUT2D eigenvalue weighted by atomic mass is 16.6. The lowest BCUT2D eigenvalue weighted by Gasteiger charge is -2.18. The van der Waals surface area contributed by atoms with Gasteiger partial charge in [-0.2, -0.15) is 0 Å². The molecule has 0 spiro atoms. The summed E-state index contributed by atoms with van der Waals surface area (Å²) < 4.78 is 9.99. The Bertz CT molecular complexity index is 427. The molecule has 4 heteroatoms. The zero-order chi connectivity index (χ0) is 14.4. The van der Waals surface area contributed by atoms with Crippen molar-refractivity contribution in [1.29, 1.82) is 0 Å². The quantitative estimate of drug-likeness (QED) is 0.605. The number of carbonyl (C=O) groups is 2. The van der Waals surface area contributed by atoms with Crippen LogP contribution in [0.15, 0.2) is 18.2 Å². The number of carbonyl (C=O) groups excluding carboxylic acids is 2. The molecule has 19 heavy (non-hydrogen) atoms. The van der Waals surface area contributed by atoms with Crippen molar-refractivity contribution < 1.29 is 19.1 Å². The average molecular weight is 264 g/mol. The van der Waals surface area contributed by atoms with Crippen LogP contribution in [0.25, 0.3) is 0 Å².